The van der Waals surface area contributed by atoms with Gasteiger partial charge in [0.05, 0.1) is 7.11 Å². The first-order valence-electron chi connectivity index (χ1n) is 8.61. The van der Waals surface area contributed by atoms with E-state index in [0.29, 0.717) is 11.3 Å². The van der Waals surface area contributed by atoms with E-state index >= 15 is 0 Å². The fourth-order valence-electron chi connectivity index (χ4n) is 3.00. The van der Waals surface area contributed by atoms with Crippen LogP contribution in [0.5, 0.6) is 5.75 Å². The zero-order valence-corrected chi connectivity index (χ0v) is 15.8. The van der Waals surface area contributed by atoms with E-state index in [4.69, 9.17) is 4.74 Å². The van der Waals surface area contributed by atoms with E-state index in [1.807, 2.05) is 19.0 Å². The van der Waals surface area contributed by atoms with Crippen molar-refractivity contribution in [2.75, 3.05) is 31.4 Å². The summed E-state index contributed by atoms with van der Waals surface area (Å²) >= 11 is 0. The van der Waals surface area contributed by atoms with Crippen LogP contribution in [0.15, 0.2) is 42.6 Å². The molecule has 2 aromatic carbocycles. The van der Waals surface area contributed by atoms with Gasteiger partial charge in [0.15, 0.2) is 0 Å². The van der Waals surface area contributed by atoms with Crippen LogP contribution in [0.3, 0.4) is 0 Å². The molecule has 0 spiro atoms. The van der Waals surface area contributed by atoms with Gasteiger partial charge in [-0.2, -0.15) is 0 Å². The van der Waals surface area contributed by atoms with Crippen LogP contribution in [0, 0.1) is 5.82 Å². The summed E-state index contributed by atoms with van der Waals surface area (Å²) in [6.07, 6.45) is 1.78. The van der Waals surface area contributed by atoms with Crippen LogP contribution in [-0.4, -0.2) is 32.2 Å². The largest absolute Gasteiger partial charge is 0.496 e. The van der Waals surface area contributed by atoms with Gasteiger partial charge in [-0.15, -0.1) is 0 Å². The normalized spacial score (nSPS) is 11.0. The highest BCUT2D eigenvalue weighted by Crippen LogP contribution is 2.38. The molecule has 0 bridgehead atoms. The third kappa shape index (κ3) is 3.43. The molecule has 0 saturated carbocycles. The van der Waals surface area contributed by atoms with Gasteiger partial charge in [-0.1, -0.05) is 6.07 Å². The third-order valence-corrected chi connectivity index (χ3v) is 4.26. The number of nitrogens with zero attached hydrogens (tertiary/aromatic N) is 2. The van der Waals surface area contributed by atoms with Crippen molar-refractivity contribution in [3.63, 3.8) is 0 Å². The number of hydrogen-bond acceptors (Lipinski definition) is 4. The Morgan fingerprint density at radius 3 is 2.46 bits per heavy atom. The summed E-state index contributed by atoms with van der Waals surface area (Å²) in [6.45, 7) is 4.15. The summed E-state index contributed by atoms with van der Waals surface area (Å²) in [5.41, 5.74) is 2.61. The Morgan fingerprint density at radius 2 is 1.81 bits per heavy atom. The number of hydrogen-bond donors (Lipinski definition) is 1. The number of pyridine rings is 1. The summed E-state index contributed by atoms with van der Waals surface area (Å²) in [6, 6.07) is 11.0. The quantitative estimate of drug-likeness (QED) is 0.705. The van der Waals surface area contributed by atoms with Crippen LogP contribution in [0.1, 0.15) is 13.8 Å². The Hall–Kier alpha value is -2.82. The average molecular weight is 353 g/mol. The second-order valence-corrected chi connectivity index (χ2v) is 6.79. The van der Waals surface area contributed by atoms with E-state index in [1.165, 1.54) is 12.1 Å². The number of anilines is 2. The van der Waals surface area contributed by atoms with Gasteiger partial charge < -0.3 is 15.0 Å². The van der Waals surface area contributed by atoms with E-state index in [-0.39, 0.29) is 11.9 Å². The van der Waals surface area contributed by atoms with Gasteiger partial charge >= 0.3 is 0 Å². The number of ether oxygens (including phenoxy) is 1. The Balaban J connectivity index is 2.30. The number of rotatable bonds is 5. The van der Waals surface area contributed by atoms with E-state index in [2.05, 4.69) is 42.3 Å². The topological polar surface area (TPSA) is 37.4 Å². The zero-order chi connectivity index (χ0) is 18.8. The molecule has 3 rings (SSSR count). The van der Waals surface area contributed by atoms with E-state index in [9.17, 15) is 4.39 Å². The minimum Gasteiger partial charge on any atom is -0.496 e. The van der Waals surface area contributed by atoms with E-state index in [1.54, 1.807) is 19.4 Å². The van der Waals surface area contributed by atoms with Crippen molar-refractivity contribution in [3.8, 4) is 16.9 Å². The molecular formula is C21H24FN3O. The second-order valence-electron chi connectivity index (χ2n) is 6.79. The Morgan fingerprint density at radius 1 is 1.04 bits per heavy atom. The molecule has 1 aromatic heterocycles. The molecule has 5 heteroatoms. The lowest BCUT2D eigenvalue weighted by molar-refractivity contribution is 0.415. The Kier molecular flexibility index (Phi) is 4.98. The standard InChI is InChI=1S/C21H24FN3O/c1-13(2)24-21-18-11-15(25(3)4)7-8-16(18)19(12-23-21)17-10-14(22)6-9-20(17)26-5/h6-13H,1-5H3,(H,23,24). The average Bonchev–Trinajstić information content (AvgIpc) is 2.61. The van der Waals surface area contributed by atoms with Gasteiger partial charge in [0, 0.05) is 48.5 Å². The second kappa shape index (κ2) is 7.20. The number of methoxy groups -OCH3 is 1. The maximum absolute atomic E-state index is 13.9. The lowest BCUT2D eigenvalue weighted by Gasteiger charge is -2.18. The van der Waals surface area contributed by atoms with Crippen molar-refractivity contribution in [3.05, 3.63) is 48.4 Å². The van der Waals surface area contributed by atoms with Gasteiger partial charge in [0.25, 0.3) is 0 Å². The molecular weight excluding hydrogens is 329 g/mol. The molecule has 0 saturated heterocycles. The number of aromatic nitrogens is 1. The van der Waals surface area contributed by atoms with Crippen LogP contribution in [0.4, 0.5) is 15.9 Å². The van der Waals surface area contributed by atoms with Crippen molar-refractivity contribution in [1.82, 2.24) is 4.98 Å². The minimum atomic E-state index is -0.303. The third-order valence-electron chi connectivity index (χ3n) is 4.26. The van der Waals surface area contributed by atoms with Crippen molar-refractivity contribution >= 4 is 22.3 Å². The van der Waals surface area contributed by atoms with Gasteiger partial charge in [-0.25, -0.2) is 9.37 Å². The molecule has 3 aromatic rings. The van der Waals surface area contributed by atoms with Crippen LogP contribution >= 0.6 is 0 Å². The Labute approximate surface area is 153 Å². The summed E-state index contributed by atoms with van der Waals surface area (Å²) in [4.78, 5) is 6.67. The molecule has 136 valence electrons. The fraction of sp³-hybridized carbons (Fsp3) is 0.286. The van der Waals surface area contributed by atoms with Crippen LogP contribution in [0.25, 0.3) is 21.9 Å². The van der Waals surface area contributed by atoms with Gasteiger partial charge in [-0.05, 0) is 49.6 Å². The van der Waals surface area contributed by atoms with Crippen molar-refractivity contribution < 1.29 is 9.13 Å². The highest BCUT2D eigenvalue weighted by Gasteiger charge is 2.15. The number of fused-ring (bicyclic) bond motifs is 1. The lowest BCUT2D eigenvalue weighted by Crippen LogP contribution is -2.12. The predicted octanol–water partition coefficient (Wildman–Crippen LogP) is 4.94. The van der Waals surface area contributed by atoms with E-state index < -0.39 is 0 Å². The lowest BCUT2D eigenvalue weighted by atomic mass is 9.98. The summed E-state index contributed by atoms with van der Waals surface area (Å²) in [5.74, 6) is 1.14. The SMILES string of the molecule is COc1ccc(F)cc1-c1cnc(NC(C)C)c2cc(N(C)C)ccc12. The maximum Gasteiger partial charge on any atom is 0.134 e. The number of nitrogens with one attached hydrogen (secondary N) is 1. The van der Waals surface area contributed by atoms with Crippen molar-refractivity contribution in [2.24, 2.45) is 0 Å². The first kappa shape index (κ1) is 18.0. The molecule has 0 aliphatic rings. The fourth-order valence-corrected chi connectivity index (χ4v) is 3.00. The molecule has 0 radical (unpaired) electrons. The predicted molar refractivity (Wildman–Crippen MR) is 107 cm³/mol. The van der Waals surface area contributed by atoms with Crippen molar-refractivity contribution in [1.29, 1.82) is 0 Å². The van der Waals surface area contributed by atoms with Crippen LogP contribution in [-0.2, 0) is 0 Å². The summed E-state index contributed by atoms with van der Waals surface area (Å²) in [7, 11) is 5.60. The zero-order valence-electron chi connectivity index (χ0n) is 15.8. The smallest absolute Gasteiger partial charge is 0.134 e. The summed E-state index contributed by atoms with van der Waals surface area (Å²) in [5, 5.41) is 5.39. The number of benzene rings is 2. The minimum absolute atomic E-state index is 0.253. The van der Waals surface area contributed by atoms with Gasteiger partial charge in [-0.3, -0.25) is 0 Å². The highest BCUT2D eigenvalue weighted by atomic mass is 19.1. The molecule has 1 heterocycles. The van der Waals surface area contributed by atoms with Gasteiger partial charge in [0.2, 0.25) is 0 Å². The molecule has 1 N–H and O–H groups in total. The molecule has 0 atom stereocenters. The molecule has 0 amide bonds. The molecule has 26 heavy (non-hydrogen) atoms. The first-order chi connectivity index (χ1) is 12.4. The van der Waals surface area contributed by atoms with E-state index in [0.717, 1.165) is 27.8 Å². The molecule has 0 fully saturated rings. The van der Waals surface area contributed by atoms with Gasteiger partial charge in [0.1, 0.15) is 17.4 Å². The Bertz CT molecular complexity index is 938. The number of halogens is 1. The highest BCUT2D eigenvalue weighted by molar-refractivity contribution is 6.04. The van der Waals surface area contributed by atoms with Crippen LogP contribution < -0.4 is 15.0 Å². The first-order valence-corrected chi connectivity index (χ1v) is 8.61. The van der Waals surface area contributed by atoms with Crippen molar-refractivity contribution in [2.45, 2.75) is 19.9 Å². The molecule has 0 aliphatic heterocycles. The maximum atomic E-state index is 13.9. The summed E-state index contributed by atoms with van der Waals surface area (Å²) < 4.78 is 19.3. The monoisotopic (exact) mass is 353 g/mol. The molecule has 0 aliphatic carbocycles. The molecule has 0 unspecified atom stereocenters. The van der Waals surface area contributed by atoms with Crippen LogP contribution in [0.2, 0.25) is 0 Å². The molecule has 4 nitrogen and oxygen atoms in total.